The molecule has 6 heteroatoms. The summed E-state index contributed by atoms with van der Waals surface area (Å²) in [6.07, 6.45) is 2.16. The molecule has 0 atom stereocenters. The summed E-state index contributed by atoms with van der Waals surface area (Å²) in [5.74, 6) is -0.202. The normalized spacial score (nSPS) is 10.0. The lowest BCUT2D eigenvalue weighted by atomic mass is 10.1. The van der Waals surface area contributed by atoms with Crippen LogP contribution >= 0.6 is 11.3 Å². The summed E-state index contributed by atoms with van der Waals surface area (Å²) in [6, 6.07) is 4.69. The Morgan fingerprint density at radius 2 is 2.19 bits per heavy atom. The molecule has 0 aliphatic heterocycles. The van der Waals surface area contributed by atoms with Crippen molar-refractivity contribution in [2.45, 2.75) is 0 Å². The molecule has 0 bridgehead atoms. The summed E-state index contributed by atoms with van der Waals surface area (Å²) < 4.78 is 0. The molecule has 0 spiro atoms. The number of pyridine rings is 1. The fourth-order valence-corrected chi connectivity index (χ4v) is 2.02. The number of carbonyl (C=O) groups excluding carboxylic acids is 1. The second kappa shape index (κ2) is 4.19. The van der Waals surface area contributed by atoms with E-state index in [2.05, 4.69) is 4.98 Å². The summed E-state index contributed by atoms with van der Waals surface area (Å²) in [7, 11) is 0. The van der Waals surface area contributed by atoms with Gasteiger partial charge in [0.25, 0.3) is 0 Å². The van der Waals surface area contributed by atoms with Crippen molar-refractivity contribution in [1.29, 1.82) is 0 Å². The predicted molar refractivity (Wildman–Crippen MR) is 59.6 cm³/mol. The van der Waals surface area contributed by atoms with Gasteiger partial charge in [-0.3, -0.25) is 4.79 Å². The zero-order valence-corrected chi connectivity index (χ0v) is 8.81. The first-order valence-electron chi connectivity index (χ1n) is 4.36. The minimum absolute atomic E-state index is 0.202. The van der Waals surface area contributed by atoms with Crippen molar-refractivity contribution < 1.29 is 9.72 Å². The predicted octanol–water partition coefficient (Wildman–Crippen LogP) is 2.53. The van der Waals surface area contributed by atoms with Crippen molar-refractivity contribution in [2.24, 2.45) is 0 Å². The zero-order chi connectivity index (χ0) is 11.5. The Balaban J connectivity index is 2.42. The first-order valence-corrected chi connectivity index (χ1v) is 5.24. The fourth-order valence-electron chi connectivity index (χ4n) is 1.30. The third-order valence-corrected chi connectivity index (χ3v) is 2.89. The third kappa shape index (κ3) is 1.82. The summed E-state index contributed by atoms with van der Waals surface area (Å²) in [5.41, 5.74) is 1.45. The van der Waals surface area contributed by atoms with E-state index in [-0.39, 0.29) is 5.82 Å². The Bertz CT molecular complexity index is 533. The highest BCUT2D eigenvalue weighted by Crippen LogP contribution is 2.27. The summed E-state index contributed by atoms with van der Waals surface area (Å²) >= 11 is 1.33. The highest BCUT2D eigenvalue weighted by molar-refractivity contribution is 7.12. The molecule has 0 amide bonds. The Labute approximate surface area is 94.5 Å². The summed E-state index contributed by atoms with van der Waals surface area (Å²) in [4.78, 5) is 24.9. The molecule has 0 aromatic carbocycles. The first-order chi connectivity index (χ1) is 7.72. The van der Waals surface area contributed by atoms with Crippen LogP contribution in [0.25, 0.3) is 11.1 Å². The number of carbonyl (C=O) groups is 1. The van der Waals surface area contributed by atoms with Crippen LogP contribution in [0.4, 0.5) is 5.82 Å². The maximum Gasteiger partial charge on any atom is 0.363 e. The molecule has 0 unspecified atom stereocenters. The monoisotopic (exact) mass is 234 g/mol. The van der Waals surface area contributed by atoms with Crippen LogP contribution in [-0.4, -0.2) is 16.2 Å². The molecule has 2 rings (SSSR count). The third-order valence-electron chi connectivity index (χ3n) is 2.05. The molecular formula is C10H6N2O3S. The van der Waals surface area contributed by atoms with Gasteiger partial charge in [-0.2, -0.15) is 0 Å². The molecule has 5 nitrogen and oxygen atoms in total. The number of hydrogen-bond acceptors (Lipinski definition) is 5. The molecule has 2 aromatic heterocycles. The molecule has 0 saturated heterocycles. The second-order valence-electron chi connectivity index (χ2n) is 2.98. The lowest BCUT2D eigenvalue weighted by molar-refractivity contribution is -0.389. The van der Waals surface area contributed by atoms with Crippen LogP contribution in [0, 0.1) is 10.1 Å². The van der Waals surface area contributed by atoms with Crippen molar-refractivity contribution in [2.75, 3.05) is 0 Å². The van der Waals surface area contributed by atoms with Gasteiger partial charge < -0.3 is 10.1 Å². The smallest absolute Gasteiger partial charge is 0.358 e. The molecule has 16 heavy (non-hydrogen) atoms. The molecular weight excluding hydrogens is 228 g/mol. The number of nitro groups is 1. The Morgan fingerprint density at radius 1 is 1.38 bits per heavy atom. The largest absolute Gasteiger partial charge is 0.363 e. The van der Waals surface area contributed by atoms with Gasteiger partial charge in [0, 0.05) is 17.2 Å². The van der Waals surface area contributed by atoms with E-state index in [1.54, 1.807) is 17.5 Å². The summed E-state index contributed by atoms with van der Waals surface area (Å²) in [5, 5.41) is 12.2. The lowest BCUT2D eigenvalue weighted by Gasteiger charge is -1.96. The number of hydrogen-bond donors (Lipinski definition) is 0. The second-order valence-corrected chi connectivity index (χ2v) is 3.93. The minimum Gasteiger partial charge on any atom is -0.358 e. The Kier molecular flexibility index (Phi) is 2.74. The number of rotatable bonds is 3. The van der Waals surface area contributed by atoms with Crippen LogP contribution in [0.15, 0.2) is 29.8 Å². The number of nitrogens with zero attached hydrogens (tertiary/aromatic N) is 2. The molecule has 0 radical (unpaired) electrons. The highest BCUT2D eigenvalue weighted by Gasteiger charge is 2.10. The van der Waals surface area contributed by atoms with Gasteiger partial charge in [0.2, 0.25) is 0 Å². The lowest BCUT2D eigenvalue weighted by Crippen LogP contribution is -1.91. The maximum absolute atomic E-state index is 10.7. The minimum atomic E-state index is -0.558. The van der Waals surface area contributed by atoms with Gasteiger partial charge in [0.1, 0.15) is 6.20 Å². The van der Waals surface area contributed by atoms with Gasteiger partial charge in [0.15, 0.2) is 6.29 Å². The molecule has 80 valence electrons. The molecule has 0 N–H and O–H groups in total. The molecule has 0 saturated carbocycles. The highest BCUT2D eigenvalue weighted by atomic mass is 32.1. The first kappa shape index (κ1) is 10.4. The van der Waals surface area contributed by atoms with Gasteiger partial charge in [-0.1, -0.05) is 0 Å². The van der Waals surface area contributed by atoms with Crippen LogP contribution in [0.2, 0.25) is 0 Å². The Hall–Kier alpha value is -2.08. The maximum atomic E-state index is 10.7. The van der Waals surface area contributed by atoms with E-state index in [1.807, 2.05) is 0 Å². The van der Waals surface area contributed by atoms with E-state index in [9.17, 15) is 14.9 Å². The molecule has 2 aromatic rings. The van der Waals surface area contributed by atoms with Crippen molar-refractivity contribution in [3.63, 3.8) is 0 Å². The molecule has 0 aliphatic carbocycles. The zero-order valence-electron chi connectivity index (χ0n) is 7.99. The number of thiophene rings is 1. The van der Waals surface area contributed by atoms with Crippen LogP contribution in [0.5, 0.6) is 0 Å². The quantitative estimate of drug-likeness (QED) is 0.464. The standard InChI is InChI=1S/C10H6N2O3S/c13-6-9-8(3-4-16-9)7-1-2-10(11-5-7)12(14)15/h1-6H. The van der Waals surface area contributed by atoms with Gasteiger partial charge in [0.05, 0.1) is 4.88 Å². The SMILES string of the molecule is O=Cc1sccc1-c1ccc([N+](=O)[O-])nc1. The fraction of sp³-hybridized carbons (Fsp3) is 0. The van der Waals surface area contributed by atoms with E-state index < -0.39 is 4.92 Å². The van der Waals surface area contributed by atoms with Crippen molar-refractivity contribution in [1.82, 2.24) is 4.98 Å². The average Bonchev–Trinajstić information content (AvgIpc) is 2.77. The van der Waals surface area contributed by atoms with Gasteiger partial charge in [-0.05, 0) is 27.4 Å². The molecule has 0 fully saturated rings. The number of aldehydes is 1. The van der Waals surface area contributed by atoms with Crippen molar-refractivity contribution >= 4 is 23.4 Å². The van der Waals surface area contributed by atoms with Crippen LogP contribution in [0.1, 0.15) is 9.67 Å². The van der Waals surface area contributed by atoms with E-state index in [4.69, 9.17) is 0 Å². The van der Waals surface area contributed by atoms with Crippen LogP contribution in [-0.2, 0) is 0 Å². The van der Waals surface area contributed by atoms with Crippen molar-refractivity contribution in [3.8, 4) is 11.1 Å². The van der Waals surface area contributed by atoms with E-state index >= 15 is 0 Å². The van der Waals surface area contributed by atoms with Gasteiger partial charge in [-0.25, -0.2) is 0 Å². The molecule has 0 aliphatic rings. The topological polar surface area (TPSA) is 73.1 Å². The van der Waals surface area contributed by atoms with Gasteiger partial charge in [-0.15, -0.1) is 11.3 Å². The average molecular weight is 234 g/mol. The van der Waals surface area contributed by atoms with E-state index in [0.717, 1.165) is 11.8 Å². The number of aromatic nitrogens is 1. The van der Waals surface area contributed by atoms with Crippen molar-refractivity contribution in [3.05, 3.63) is 44.8 Å². The van der Waals surface area contributed by atoms with E-state index in [0.29, 0.717) is 10.4 Å². The van der Waals surface area contributed by atoms with Crippen LogP contribution in [0.3, 0.4) is 0 Å². The van der Waals surface area contributed by atoms with E-state index in [1.165, 1.54) is 23.6 Å². The van der Waals surface area contributed by atoms with Gasteiger partial charge >= 0.3 is 5.82 Å². The summed E-state index contributed by atoms with van der Waals surface area (Å²) in [6.45, 7) is 0. The Morgan fingerprint density at radius 3 is 2.75 bits per heavy atom. The molecule has 2 heterocycles. The van der Waals surface area contributed by atoms with Crippen LogP contribution < -0.4 is 0 Å².